The van der Waals surface area contributed by atoms with Crippen LogP contribution in [0.4, 0.5) is 0 Å². The number of amides is 2. The van der Waals surface area contributed by atoms with E-state index >= 15 is 0 Å². The molecule has 3 rings (SSSR count). The van der Waals surface area contributed by atoms with E-state index < -0.39 is 6.04 Å². The molecule has 2 atom stereocenters. The summed E-state index contributed by atoms with van der Waals surface area (Å²) in [4.78, 5) is 26.4. The van der Waals surface area contributed by atoms with Crippen LogP contribution in [0.25, 0.3) is 0 Å². The number of halogens is 2. The number of carbonyl (C=O) groups is 2. The number of rotatable bonds is 4. The highest BCUT2D eigenvalue weighted by atomic mass is 35.5. The summed E-state index contributed by atoms with van der Waals surface area (Å²) >= 11 is 14.8. The molecule has 8 heteroatoms. The second kappa shape index (κ2) is 6.74. The third kappa shape index (κ3) is 3.25. The van der Waals surface area contributed by atoms with Gasteiger partial charge in [-0.1, -0.05) is 29.3 Å². The molecule has 2 aliphatic heterocycles. The van der Waals surface area contributed by atoms with Gasteiger partial charge in [0.1, 0.15) is 11.4 Å². The van der Waals surface area contributed by atoms with Gasteiger partial charge in [0.15, 0.2) is 0 Å². The van der Waals surface area contributed by atoms with Crippen molar-refractivity contribution in [1.29, 1.82) is 0 Å². The van der Waals surface area contributed by atoms with E-state index in [-0.39, 0.29) is 22.9 Å². The number of hydrogen-bond donors (Lipinski definition) is 1. The molecule has 1 N–H and O–H groups in total. The Labute approximate surface area is 146 Å². The van der Waals surface area contributed by atoms with Crippen molar-refractivity contribution >= 4 is 58.5 Å². The Kier molecular flexibility index (Phi) is 4.92. The number of hydrogen-bond acceptors (Lipinski definition) is 4. The first-order valence-corrected chi connectivity index (χ1v) is 9.33. The standard InChI is InChI=1S/C14H12Cl2N2O2S2/c15-9-3-2-8(6-10(9)16)22-7-11(19)17-12-13(20)18-4-1-5-21-14(12)18/h1-4,6,12,14H,5,7H2,(H,17,19). The minimum absolute atomic E-state index is 0.0245. The van der Waals surface area contributed by atoms with Crippen LogP contribution in [0, 0.1) is 0 Å². The molecule has 2 aliphatic rings. The van der Waals surface area contributed by atoms with E-state index in [2.05, 4.69) is 5.32 Å². The van der Waals surface area contributed by atoms with E-state index in [0.29, 0.717) is 10.0 Å². The molecule has 0 bridgehead atoms. The number of β-lactam (4-membered cyclic amide) rings is 1. The van der Waals surface area contributed by atoms with E-state index in [9.17, 15) is 9.59 Å². The number of nitrogens with zero attached hydrogens (tertiary/aromatic N) is 1. The van der Waals surface area contributed by atoms with Gasteiger partial charge in [0.25, 0.3) is 5.91 Å². The first-order valence-electron chi connectivity index (χ1n) is 6.54. The zero-order chi connectivity index (χ0) is 15.7. The third-order valence-electron chi connectivity index (χ3n) is 3.29. The Balaban J connectivity index is 1.52. The highest BCUT2D eigenvalue weighted by molar-refractivity contribution is 8.00. The molecule has 0 spiro atoms. The van der Waals surface area contributed by atoms with Crippen LogP contribution in [0.15, 0.2) is 35.4 Å². The van der Waals surface area contributed by atoms with E-state index in [0.717, 1.165) is 10.6 Å². The molecule has 0 aromatic heterocycles. The van der Waals surface area contributed by atoms with Gasteiger partial charge in [-0.25, -0.2) is 0 Å². The van der Waals surface area contributed by atoms with Crippen molar-refractivity contribution in [1.82, 2.24) is 10.2 Å². The molecular formula is C14H12Cl2N2O2S2. The molecule has 0 aliphatic carbocycles. The molecule has 2 heterocycles. The van der Waals surface area contributed by atoms with Crippen LogP contribution in [0.3, 0.4) is 0 Å². The fraction of sp³-hybridized carbons (Fsp3) is 0.286. The SMILES string of the molecule is O=C(CSc1ccc(Cl)c(Cl)c1)NC1C(=O)N2C=CCSC12. The maximum absolute atomic E-state index is 12.0. The quantitative estimate of drug-likeness (QED) is 0.649. The van der Waals surface area contributed by atoms with Crippen molar-refractivity contribution in [2.45, 2.75) is 16.3 Å². The molecule has 2 amide bonds. The zero-order valence-electron chi connectivity index (χ0n) is 11.3. The van der Waals surface area contributed by atoms with Crippen molar-refractivity contribution in [3.63, 3.8) is 0 Å². The molecule has 1 aromatic rings. The fourth-order valence-corrected chi connectivity index (χ4v) is 4.41. The minimum atomic E-state index is -0.420. The summed E-state index contributed by atoms with van der Waals surface area (Å²) in [6.07, 6.45) is 3.73. The number of benzene rings is 1. The molecule has 2 unspecified atom stereocenters. The summed E-state index contributed by atoms with van der Waals surface area (Å²) in [5.74, 6) is 0.874. The van der Waals surface area contributed by atoms with Crippen molar-refractivity contribution in [2.24, 2.45) is 0 Å². The highest BCUT2D eigenvalue weighted by Crippen LogP contribution is 2.33. The molecular weight excluding hydrogens is 363 g/mol. The summed E-state index contributed by atoms with van der Waals surface area (Å²) < 4.78 is 0. The number of carbonyl (C=O) groups excluding carboxylic acids is 2. The fourth-order valence-electron chi connectivity index (χ4n) is 2.20. The molecule has 0 radical (unpaired) electrons. The molecule has 116 valence electrons. The van der Waals surface area contributed by atoms with E-state index in [1.54, 1.807) is 35.0 Å². The van der Waals surface area contributed by atoms with Gasteiger partial charge in [0.05, 0.1) is 15.8 Å². The Bertz CT molecular complexity index is 654. The van der Waals surface area contributed by atoms with Gasteiger partial charge >= 0.3 is 0 Å². The van der Waals surface area contributed by atoms with E-state index in [1.807, 2.05) is 12.1 Å². The molecule has 22 heavy (non-hydrogen) atoms. The number of thioether (sulfide) groups is 2. The molecule has 4 nitrogen and oxygen atoms in total. The van der Waals surface area contributed by atoms with Crippen LogP contribution in [-0.4, -0.2) is 39.6 Å². The Hall–Kier alpha value is -0.820. The topological polar surface area (TPSA) is 49.4 Å². The number of nitrogens with one attached hydrogen (secondary N) is 1. The lowest BCUT2D eigenvalue weighted by atomic mass is 10.1. The lowest BCUT2D eigenvalue weighted by molar-refractivity contribution is -0.144. The average molecular weight is 375 g/mol. The van der Waals surface area contributed by atoms with E-state index in [1.165, 1.54) is 11.8 Å². The third-order valence-corrected chi connectivity index (χ3v) is 6.25. The predicted octanol–water partition coefficient (Wildman–Crippen LogP) is 3.00. The summed E-state index contributed by atoms with van der Waals surface area (Å²) in [5, 5.41) is 3.77. The average Bonchev–Trinajstić information content (AvgIpc) is 2.53. The first kappa shape index (κ1) is 16.1. The predicted molar refractivity (Wildman–Crippen MR) is 91.3 cm³/mol. The summed E-state index contributed by atoms with van der Waals surface area (Å²) in [7, 11) is 0. The van der Waals surface area contributed by atoms with Gasteiger partial charge in [-0.05, 0) is 18.2 Å². The summed E-state index contributed by atoms with van der Waals surface area (Å²) in [6, 6.07) is 4.81. The van der Waals surface area contributed by atoms with Crippen LogP contribution >= 0.6 is 46.7 Å². The monoisotopic (exact) mass is 374 g/mol. The summed E-state index contributed by atoms with van der Waals surface area (Å²) in [5.41, 5.74) is 0. The zero-order valence-corrected chi connectivity index (χ0v) is 14.4. The Morgan fingerprint density at radius 3 is 3.00 bits per heavy atom. The van der Waals surface area contributed by atoms with Crippen LogP contribution in [0.5, 0.6) is 0 Å². The van der Waals surface area contributed by atoms with Crippen molar-refractivity contribution in [3.8, 4) is 0 Å². The summed E-state index contributed by atoms with van der Waals surface area (Å²) in [6.45, 7) is 0. The van der Waals surface area contributed by atoms with Crippen molar-refractivity contribution < 1.29 is 9.59 Å². The largest absolute Gasteiger partial charge is 0.341 e. The molecule has 1 saturated heterocycles. The van der Waals surface area contributed by atoms with Crippen molar-refractivity contribution in [2.75, 3.05) is 11.5 Å². The molecule has 0 saturated carbocycles. The lowest BCUT2D eigenvalue weighted by Gasteiger charge is -2.46. The smallest absolute Gasteiger partial charge is 0.253 e. The highest BCUT2D eigenvalue weighted by Gasteiger charge is 2.48. The maximum Gasteiger partial charge on any atom is 0.253 e. The normalized spacial score (nSPS) is 23.0. The second-order valence-electron chi connectivity index (χ2n) is 4.76. The first-order chi connectivity index (χ1) is 10.6. The maximum atomic E-state index is 12.0. The van der Waals surface area contributed by atoms with Gasteiger partial charge in [-0.2, -0.15) is 0 Å². The molecule has 1 fully saturated rings. The lowest BCUT2D eigenvalue weighted by Crippen LogP contribution is -2.68. The second-order valence-corrected chi connectivity index (χ2v) is 7.78. The van der Waals surface area contributed by atoms with Crippen LogP contribution in [-0.2, 0) is 9.59 Å². The number of fused-ring (bicyclic) bond motifs is 1. The Morgan fingerprint density at radius 1 is 1.41 bits per heavy atom. The molecule has 1 aromatic carbocycles. The van der Waals surface area contributed by atoms with E-state index in [4.69, 9.17) is 23.2 Å². The van der Waals surface area contributed by atoms with Gasteiger partial charge < -0.3 is 10.2 Å². The van der Waals surface area contributed by atoms with Gasteiger partial charge in [-0.15, -0.1) is 23.5 Å². The van der Waals surface area contributed by atoms with Crippen LogP contribution < -0.4 is 5.32 Å². The van der Waals surface area contributed by atoms with Crippen LogP contribution in [0.2, 0.25) is 10.0 Å². The van der Waals surface area contributed by atoms with Gasteiger partial charge in [0, 0.05) is 16.8 Å². The van der Waals surface area contributed by atoms with Crippen LogP contribution in [0.1, 0.15) is 0 Å². The van der Waals surface area contributed by atoms with Gasteiger partial charge in [-0.3, -0.25) is 9.59 Å². The van der Waals surface area contributed by atoms with Crippen molar-refractivity contribution in [3.05, 3.63) is 40.5 Å². The minimum Gasteiger partial charge on any atom is -0.341 e. The van der Waals surface area contributed by atoms with Gasteiger partial charge in [0.2, 0.25) is 5.91 Å². The Morgan fingerprint density at radius 2 is 2.23 bits per heavy atom.